The van der Waals surface area contributed by atoms with Crippen LogP contribution in [0.1, 0.15) is 27.7 Å². The first-order chi connectivity index (χ1) is 8.45. The molecule has 1 atom stereocenters. The maximum Gasteiger partial charge on any atom is 0.673 e. The summed E-state index contributed by atoms with van der Waals surface area (Å²) in [5.74, 6) is -0.916. The Labute approximate surface area is 112 Å². The molecule has 1 N–H and O–H groups in total. The van der Waals surface area contributed by atoms with Gasteiger partial charge >= 0.3 is 7.25 Å². The second kappa shape index (κ2) is 9.52. The van der Waals surface area contributed by atoms with Crippen LogP contribution in [0, 0.1) is 0 Å². The van der Waals surface area contributed by atoms with E-state index in [2.05, 4.69) is 0 Å². The summed E-state index contributed by atoms with van der Waals surface area (Å²) in [5.41, 5.74) is 0. The predicted octanol–water partition coefficient (Wildman–Crippen LogP) is 1.54. The minimum atomic E-state index is -6.00. The second-order valence-corrected chi connectivity index (χ2v) is 4.06. The van der Waals surface area contributed by atoms with Crippen molar-refractivity contribution in [3.05, 3.63) is 0 Å². The lowest BCUT2D eigenvalue weighted by Gasteiger charge is -2.32. The van der Waals surface area contributed by atoms with Gasteiger partial charge in [0.05, 0.1) is 14.1 Å². The molecule has 19 heavy (non-hydrogen) atoms. The molecular weight excluding hydrogens is 269 g/mol. The van der Waals surface area contributed by atoms with Gasteiger partial charge in [-0.05, 0) is 13.8 Å². The molecule has 0 bridgehead atoms. The summed E-state index contributed by atoms with van der Waals surface area (Å²) < 4.78 is 55.6. The SMILES string of the molecule is CCOC(C)(OCC)OC(C)[NH+](C)C.F[B-](F)(F)F. The van der Waals surface area contributed by atoms with E-state index < -0.39 is 13.2 Å². The van der Waals surface area contributed by atoms with Gasteiger partial charge in [-0.2, -0.15) is 0 Å². The lowest BCUT2D eigenvalue weighted by molar-refractivity contribution is -0.914. The van der Waals surface area contributed by atoms with Gasteiger partial charge in [-0.3, -0.25) is 4.74 Å². The minimum Gasteiger partial charge on any atom is -0.418 e. The first-order valence-corrected chi connectivity index (χ1v) is 6.08. The molecule has 0 aliphatic heterocycles. The van der Waals surface area contributed by atoms with E-state index in [1.54, 1.807) is 6.92 Å². The van der Waals surface area contributed by atoms with Gasteiger partial charge in [0.1, 0.15) is 0 Å². The van der Waals surface area contributed by atoms with Gasteiger partial charge in [0.25, 0.3) is 5.97 Å². The molecule has 0 rings (SSSR count). The third kappa shape index (κ3) is 15.6. The van der Waals surface area contributed by atoms with Crippen molar-refractivity contribution in [3.63, 3.8) is 0 Å². The van der Waals surface area contributed by atoms with Crippen molar-refractivity contribution in [1.82, 2.24) is 0 Å². The highest BCUT2D eigenvalue weighted by molar-refractivity contribution is 6.50. The Morgan fingerprint density at radius 1 is 1.05 bits per heavy atom. The molecule has 0 aromatic carbocycles. The van der Waals surface area contributed by atoms with E-state index >= 15 is 0 Å². The minimum absolute atomic E-state index is 0.0399. The third-order valence-corrected chi connectivity index (χ3v) is 2.02. The molecule has 0 aromatic heterocycles. The topological polar surface area (TPSA) is 32.1 Å². The summed E-state index contributed by atoms with van der Waals surface area (Å²) in [4.78, 5) is 1.20. The van der Waals surface area contributed by atoms with Crippen LogP contribution >= 0.6 is 0 Å². The van der Waals surface area contributed by atoms with Crippen molar-refractivity contribution in [2.24, 2.45) is 0 Å². The van der Waals surface area contributed by atoms with E-state index in [4.69, 9.17) is 14.2 Å². The number of hydrogen-bond acceptors (Lipinski definition) is 3. The van der Waals surface area contributed by atoms with Crippen LogP contribution in [0.2, 0.25) is 0 Å². The van der Waals surface area contributed by atoms with Crippen LogP contribution in [0.25, 0.3) is 0 Å². The fourth-order valence-electron chi connectivity index (χ4n) is 1.07. The molecule has 0 aliphatic carbocycles. The Morgan fingerprint density at radius 3 is 1.58 bits per heavy atom. The van der Waals surface area contributed by atoms with Gasteiger partial charge in [-0.15, -0.1) is 0 Å². The molecule has 0 saturated carbocycles. The van der Waals surface area contributed by atoms with E-state index in [1.165, 1.54) is 4.90 Å². The Bertz CT molecular complexity index is 217. The molecule has 9 heteroatoms. The first-order valence-electron chi connectivity index (χ1n) is 6.08. The highest BCUT2D eigenvalue weighted by Crippen LogP contribution is 2.15. The molecule has 118 valence electrons. The molecule has 0 saturated heterocycles. The van der Waals surface area contributed by atoms with Gasteiger partial charge in [0.15, 0.2) is 6.23 Å². The maximum atomic E-state index is 9.75. The van der Waals surface area contributed by atoms with Gasteiger partial charge in [0.2, 0.25) is 0 Å². The van der Waals surface area contributed by atoms with Crippen LogP contribution in [0.15, 0.2) is 0 Å². The quantitative estimate of drug-likeness (QED) is 0.439. The summed E-state index contributed by atoms with van der Waals surface area (Å²) >= 11 is 0. The van der Waals surface area contributed by atoms with E-state index in [-0.39, 0.29) is 6.23 Å². The number of halogens is 4. The van der Waals surface area contributed by atoms with E-state index in [1.807, 2.05) is 34.9 Å². The highest BCUT2D eigenvalue weighted by Gasteiger charge is 2.30. The number of nitrogens with one attached hydrogen (secondary N) is 1. The molecule has 0 aliphatic rings. The largest absolute Gasteiger partial charge is 0.673 e. The molecule has 0 spiro atoms. The molecular formula is C10H24BF4NO3. The van der Waals surface area contributed by atoms with Gasteiger partial charge in [-0.25, -0.2) is 0 Å². The molecule has 0 radical (unpaired) electrons. The normalized spacial score (nSPS) is 14.1. The van der Waals surface area contributed by atoms with Crippen LogP contribution in [0.4, 0.5) is 17.3 Å². The molecule has 0 heterocycles. The second-order valence-electron chi connectivity index (χ2n) is 4.06. The number of quaternary nitrogens is 1. The van der Waals surface area contributed by atoms with Crippen LogP contribution in [0.5, 0.6) is 0 Å². The Hall–Kier alpha value is -0.375. The summed E-state index contributed by atoms with van der Waals surface area (Å²) in [6.45, 7) is 8.80. The predicted molar refractivity (Wildman–Crippen MR) is 65.2 cm³/mol. The zero-order chi connectivity index (χ0) is 15.7. The molecule has 1 unspecified atom stereocenters. The van der Waals surface area contributed by atoms with Gasteiger partial charge in [-0.1, -0.05) is 0 Å². The standard InChI is InChI=1S/C10H23NO3.BF4/c1-7-12-10(4,13-8-2)14-9(3)11(5)6;2-1(3,4)5/h9H,7-8H2,1-6H3;/q;-1/p+1. The van der Waals surface area contributed by atoms with E-state index in [0.717, 1.165) is 0 Å². The smallest absolute Gasteiger partial charge is 0.418 e. The van der Waals surface area contributed by atoms with Crippen LogP contribution in [-0.2, 0) is 14.2 Å². The zero-order valence-electron chi connectivity index (χ0n) is 12.3. The average molecular weight is 293 g/mol. The maximum absolute atomic E-state index is 9.75. The summed E-state index contributed by atoms with van der Waals surface area (Å²) in [5, 5.41) is 0. The zero-order valence-corrected chi connectivity index (χ0v) is 12.3. The summed E-state index contributed by atoms with van der Waals surface area (Å²) in [6, 6.07) is 0. The highest BCUT2D eigenvalue weighted by atomic mass is 19.5. The van der Waals surface area contributed by atoms with Crippen molar-refractivity contribution < 1.29 is 36.4 Å². The number of hydrogen-bond donors (Lipinski definition) is 1. The molecule has 0 aromatic rings. The Morgan fingerprint density at radius 2 is 1.37 bits per heavy atom. The summed E-state index contributed by atoms with van der Waals surface area (Å²) in [7, 11) is -1.94. The van der Waals surface area contributed by atoms with Gasteiger partial charge < -0.3 is 31.6 Å². The Kier molecular flexibility index (Phi) is 10.5. The Balaban J connectivity index is 0. The fourth-order valence-corrected chi connectivity index (χ4v) is 1.07. The van der Waals surface area contributed by atoms with Crippen molar-refractivity contribution >= 4 is 7.25 Å². The lowest BCUT2D eigenvalue weighted by atomic mass is 10.3. The third-order valence-electron chi connectivity index (χ3n) is 2.02. The van der Waals surface area contributed by atoms with E-state index in [9.17, 15) is 17.3 Å². The van der Waals surface area contributed by atoms with Crippen molar-refractivity contribution in [3.8, 4) is 0 Å². The average Bonchev–Trinajstić information content (AvgIpc) is 2.14. The molecule has 0 fully saturated rings. The monoisotopic (exact) mass is 293 g/mol. The molecule has 0 amide bonds. The number of ether oxygens (including phenoxy) is 3. The van der Waals surface area contributed by atoms with E-state index in [0.29, 0.717) is 13.2 Å². The number of rotatable bonds is 7. The van der Waals surface area contributed by atoms with Crippen LogP contribution < -0.4 is 4.90 Å². The van der Waals surface area contributed by atoms with Crippen molar-refractivity contribution in [1.29, 1.82) is 0 Å². The first kappa shape index (κ1) is 20.9. The summed E-state index contributed by atoms with van der Waals surface area (Å²) in [6.07, 6.45) is 0.0399. The fraction of sp³-hybridized carbons (Fsp3) is 1.00. The van der Waals surface area contributed by atoms with Crippen molar-refractivity contribution in [2.45, 2.75) is 39.9 Å². The molecule has 4 nitrogen and oxygen atoms in total. The lowest BCUT2D eigenvalue weighted by Crippen LogP contribution is -3.10. The van der Waals surface area contributed by atoms with Crippen molar-refractivity contribution in [2.75, 3.05) is 27.3 Å². The van der Waals surface area contributed by atoms with Gasteiger partial charge in [0, 0.05) is 27.1 Å². The van der Waals surface area contributed by atoms with Crippen LogP contribution in [-0.4, -0.2) is 46.8 Å². The van der Waals surface area contributed by atoms with Crippen LogP contribution in [0.3, 0.4) is 0 Å².